The van der Waals surface area contributed by atoms with Gasteiger partial charge in [0.2, 0.25) is 0 Å². The Bertz CT molecular complexity index is 746. The van der Waals surface area contributed by atoms with Crippen molar-refractivity contribution in [2.24, 2.45) is 0 Å². The van der Waals surface area contributed by atoms with Gasteiger partial charge in [0.05, 0.1) is 24.8 Å². The summed E-state index contributed by atoms with van der Waals surface area (Å²) in [6, 6.07) is 12.4. The van der Waals surface area contributed by atoms with Crippen molar-refractivity contribution in [3.8, 4) is 5.75 Å². The van der Waals surface area contributed by atoms with E-state index >= 15 is 0 Å². The molecule has 2 aromatic carbocycles. The van der Waals surface area contributed by atoms with Crippen molar-refractivity contribution in [3.05, 3.63) is 65.2 Å². The maximum absolute atomic E-state index is 12.1. The molecular weight excluding hydrogens is 324 g/mol. The van der Waals surface area contributed by atoms with Crippen molar-refractivity contribution in [2.75, 3.05) is 20.3 Å². The minimum Gasteiger partial charge on any atom is -0.494 e. The predicted octanol–water partition coefficient (Wildman–Crippen LogP) is 2.91. The number of hydrogen-bond acceptors (Lipinski definition) is 6. The van der Waals surface area contributed by atoms with Gasteiger partial charge in [0.25, 0.3) is 0 Å². The number of carbonyl (C=O) groups is 3. The molecule has 0 amide bonds. The van der Waals surface area contributed by atoms with E-state index in [0.717, 1.165) is 0 Å². The normalized spacial score (nSPS) is 10.0. The van der Waals surface area contributed by atoms with E-state index < -0.39 is 11.9 Å². The van der Waals surface area contributed by atoms with E-state index in [0.29, 0.717) is 23.5 Å². The Morgan fingerprint density at radius 2 is 1.32 bits per heavy atom. The number of rotatable bonds is 7. The zero-order chi connectivity index (χ0) is 18.2. The molecule has 6 nitrogen and oxygen atoms in total. The van der Waals surface area contributed by atoms with Gasteiger partial charge < -0.3 is 14.2 Å². The molecule has 0 saturated heterocycles. The molecule has 130 valence electrons. The lowest BCUT2D eigenvalue weighted by molar-refractivity contribution is 0.0474. The second-order valence-electron chi connectivity index (χ2n) is 5.03. The minimum atomic E-state index is -0.643. The van der Waals surface area contributed by atoms with Crippen LogP contribution in [0.2, 0.25) is 0 Å². The van der Waals surface area contributed by atoms with E-state index in [1.165, 1.54) is 31.4 Å². The highest BCUT2D eigenvalue weighted by atomic mass is 16.5. The van der Waals surface area contributed by atoms with Gasteiger partial charge in [0.15, 0.2) is 12.4 Å². The Hall–Kier alpha value is -3.15. The third-order valence-electron chi connectivity index (χ3n) is 3.36. The van der Waals surface area contributed by atoms with Crippen LogP contribution in [0.25, 0.3) is 0 Å². The summed E-state index contributed by atoms with van der Waals surface area (Å²) in [6.45, 7) is 2.04. The molecular formula is C19H18O6. The molecule has 25 heavy (non-hydrogen) atoms. The SMILES string of the molecule is CCOc1ccc(C(=O)COC(=O)c2ccc(C(=O)OC)cc2)cc1. The summed E-state index contributed by atoms with van der Waals surface area (Å²) >= 11 is 0. The molecule has 0 fully saturated rings. The first-order chi connectivity index (χ1) is 12.0. The molecule has 0 radical (unpaired) electrons. The van der Waals surface area contributed by atoms with Crippen LogP contribution in [-0.4, -0.2) is 38.0 Å². The second-order valence-corrected chi connectivity index (χ2v) is 5.03. The molecule has 0 aliphatic rings. The van der Waals surface area contributed by atoms with Gasteiger partial charge in [0.1, 0.15) is 5.75 Å². The highest BCUT2D eigenvalue weighted by Gasteiger charge is 2.13. The Morgan fingerprint density at radius 1 is 0.800 bits per heavy atom. The maximum atomic E-state index is 12.1. The molecule has 6 heteroatoms. The number of ether oxygens (including phenoxy) is 3. The van der Waals surface area contributed by atoms with Crippen molar-refractivity contribution in [3.63, 3.8) is 0 Å². The van der Waals surface area contributed by atoms with E-state index in [1.807, 2.05) is 6.92 Å². The fourth-order valence-corrected chi connectivity index (χ4v) is 2.06. The first-order valence-electron chi connectivity index (χ1n) is 7.66. The maximum Gasteiger partial charge on any atom is 0.338 e. The standard InChI is InChI=1S/C19H18O6/c1-3-24-16-10-8-13(9-11-16)17(20)12-25-19(22)15-6-4-14(5-7-15)18(21)23-2/h4-11H,3,12H2,1-2H3. The van der Waals surface area contributed by atoms with Crippen LogP contribution in [0.1, 0.15) is 38.0 Å². The van der Waals surface area contributed by atoms with Crippen molar-refractivity contribution in [2.45, 2.75) is 6.92 Å². The first-order valence-corrected chi connectivity index (χ1v) is 7.66. The van der Waals surface area contributed by atoms with Crippen LogP contribution in [0.5, 0.6) is 5.75 Å². The Morgan fingerprint density at radius 3 is 1.84 bits per heavy atom. The van der Waals surface area contributed by atoms with Crippen LogP contribution >= 0.6 is 0 Å². The largest absolute Gasteiger partial charge is 0.494 e. The molecule has 0 N–H and O–H groups in total. The van der Waals surface area contributed by atoms with Crippen molar-refractivity contribution in [1.29, 1.82) is 0 Å². The lowest BCUT2D eigenvalue weighted by Gasteiger charge is -2.06. The van der Waals surface area contributed by atoms with E-state index in [1.54, 1.807) is 24.3 Å². The van der Waals surface area contributed by atoms with Gasteiger partial charge >= 0.3 is 11.9 Å². The molecule has 0 unspecified atom stereocenters. The average Bonchev–Trinajstić information content (AvgIpc) is 2.66. The zero-order valence-electron chi connectivity index (χ0n) is 14.0. The number of benzene rings is 2. The quantitative estimate of drug-likeness (QED) is 0.569. The molecule has 0 saturated carbocycles. The fraction of sp³-hybridized carbons (Fsp3) is 0.211. The van der Waals surface area contributed by atoms with E-state index in [4.69, 9.17) is 9.47 Å². The van der Waals surface area contributed by atoms with Gasteiger partial charge in [-0.25, -0.2) is 9.59 Å². The van der Waals surface area contributed by atoms with Crippen LogP contribution in [0.3, 0.4) is 0 Å². The lowest BCUT2D eigenvalue weighted by Crippen LogP contribution is -2.14. The van der Waals surface area contributed by atoms with E-state index in [9.17, 15) is 14.4 Å². The number of ketones is 1. The van der Waals surface area contributed by atoms with Gasteiger partial charge in [-0.3, -0.25) is 4.79 Å². The number of esters is 2. The van der Waals surface area contributed by atoms with Crippen molar-refractivity contribution < 1.29 is 28.6 Å². The summed E-state index contributed by atoms with van der Waals surface area (Å²) in [4.78, 5) is 35.4. The fourth-order valence-electron chi connectivity index (χ4n) is 2.06. The topological polar surface area (TPSA) is 78.9 Å². The molecule has 0 heterocycles. The molecule has 0 aromatic heterocycles. The lowest BCUT2D eigenvalue weighted by atomic mass is 10.1. The first kappa shape index (κ1) is 18.2. The van der Waals surface area contributed by atoms with Gasteiger partial charge in [-0.05, 0) is 55.5 Å². The summed E-state index contributed by atoms with van der Waals surface area (Å²) in [5, 5.41) is 0. The Labute approximate surface area is 145 Å². The Balaban J connectivity index is 1.92. The predicted molar refractivity (Wildman–Crippen MR) is 90.0 cm³/mol. The van der Waals surface area contributed by atoms with Crippen molar-refractivity contribution in [1.82, 2.24) is 0 Å². The molecule has 0 aliphatic heterocycles. The van der Waals surface area contributed by atoms with Crippen LogP contribution < -0.4 is 4.74 Å². The summed E-state index contributed by atoms with van der Waals surface area (Å²) in [7, 11) is 1.27. The molecule has 2 aromatic rings. The zero-order valence-corrected chi connectivity index (χ0v) is 14.0. The average molecular weight is 342 g/mol. The van der Waals surface area contributed by atoms with Crippen LogP contribution in [-0.2, 0) is 9.47 Å². The van der Waals surface area contributed by atoms with Crippen LogP contribution in [0.15, 0.2) is 48.5 Å². The third-order valence-corrected chi connectivity index (χ3v) is 3.36. The molecule has 0 bridgehead atoms. The Kier molecular flexibility index (Phi) is 6.28. The summed E-state index contributed by atoms with van der Waals surface area (Å²) < 4.78 is 14.9. The van der Waals surface area contributed by atoms with Gasteiger partial charge in [-0.1, -0.05) is 0 Å². The number of hydrogen-bond donors (Lipinski definition) is 0. The van der Waals surface area contributed by atoms with Gasteiger partial charge in [-0.2, -0.15) is 0 Å². The summed E-state index contributed by atoms with van der Waals surface area (Å²) in [6.07, 6.45) is 0. The van der Waals surface area contributed by atoms with E-state index in [-0.39, 0.29) is 18.0 Å². The molecule has 0 aliphatic carbocycles. The van der Waals surface area contributed by atoms with Gasteiger partial charge in [-0.15, -0.1) is 0 Å². The second kappa shape index (κ2) is 8.63. The smallest absolute Gasteiger partial charge is 0.338 e. The highest BCUT2D eigenvalue weighted by Crippen LogP contribution is 2.13. The monoisotopic (exact) mass is 342 g/mol. The summed E-state index contributed by atoms with van der Waals surface area (Å²) in [5.41, 5.74) is 0.994. The van der Waals surface area contributed by atoms with Crippen LogP contribution in [0.4, 0.5) is 0 Å². The van der Waals surface area contributed by atoms with E-state index in [2.05, 4.69) is 4.74 Å². The van der Waals surface area contributed by atoms with Gasteiger partial charge in [0, 0.05) is 5.56 Å². The molecule has 0 spiro atoms. The number of carbonyl (C=O) groups excluding carboxylic acids is 3. The third kappa shape index (κ3) is 4.91. The molecule has 0 atom stereocenters. The number of methoxy groups -OCH3 is 1. The van der Waals surface area contributed by atoms with Crippen LogP contribution in [0, 0.1) is 0 Å². The van der Waals surface area contributed by atoms with Crippen molar-refractivity contribution >= 4 is 17.7 Å². The highest BCUT2D eigenvalue weighted by molar-refractivity contribution is 5.99. The number of Topliss-reactive ketones (excluding diaryl/α,β-unsaturated/α-hetero) is 1. The summed E-state index contributed by atoms with van der Waals surface area (Å²) in [5.74, 6) is -0.786. The molecule has 2 rings (SSSR count). The minimum absolute atomic E-state index is 0.243.